The third kappa shape index (κ3) is 6.51. The average Bonchev–Trinajstić information content (AvgIpc) is 3.64. The van der Waals surface area contributed by atoms with Gasteiger partial charge >= 0.3 is 12.0 Å². The number of carboxylic acids is 1. The van der Waals surface area contributed by atoms with E-state index in [1.165, 1.54) is 7.05 Å². The number of urea groups is 1. The molecule has 2 aromatic rings. The Morgan fingerprint density at radius 1 is 1.11 bits per heavy atom. The number of unbranched alkanes of at least 4 members (excludes halogenated alkanes) is 1. The molecule has 3 aliphatic heterocycles. The molecule has 44 heavy (non-hydrogen) atoms. The Bertz CT molecular complexity index is 1400. The summed E-state index contributed by atoms with van der Waals surface area (Å²) in [5.74, 6) is -1.43. The third-order valence-electron chi connectivity index (χ3n) is 8.91. The zero-order chi connectivity index (χ0) is 31.4. The van der Waals surface area contributed by atoms with Crippen LogP contribution in [0.3, 0.4) is 0 Å². The molecule has 0 radical (unpaired) electrons. The molecule has 0 aromatic heterocycles. The topological polar surface area (TPSA) is 146 Å². The molecule has 3 heterocycles. The maximum Gasteiger partial charge on any atom is 0.326 e. The Balaban J connectivity index is 1.43. The highest BCUT2D eigenvalue weighted by Gasteiger charge is 2.48. The second kappa shape index (κ2) is 13.6. The van der Waals surface area contributed by atoms with Crippen molar-refractivity contribution in [1.29, 1.82) is 0 Å². The number of carboxylic acid groups (broad SMARTS) is 1. The van der Waals surface area contributed by atoms with E-state index in [2.05, 4.69) is 6.92 Å². The van der Waals surface area contributed by atoms with Crippen LogP contribution in [0.5, 0.6) is 11.5 Å². The lowest BCUT2D eigenvalue weighted by Crippen LogP contribution is -2.52. The first-order valence-corrected chi connectivity index (χ1v) is 15.2. The van der Waals surface area contributed by atoms with Crippen LogP contribution in [0.25, 0.3) is 0 Å². The van der Waals surface area contributed by atoms with Gasteiger partial charge in [-0.15, -0.1) is 0 Å². The monoisotopic (exact) mass is 607 g/mol. The summed E-state index contributed by atoms with van der Waals surface area (Å²) in [5.41, 5.74) is 8.35. The van der Waals surface area contributed by atoms with Gasteiger partial charge in [0, 0.05) is 63.8 Å². The number of likely N-dealkylation sites (tertiary alicyclic amines) is 1. The fourth-order valence-electron chi connectivity index (χ4n) is 6.47. The van der Waals surface area contributed by atoms with Gasteiger partial charge in [-0.3, -0.25) is 24.2 Å². The van der Waals surface area contributed by atoms with Gasteiger partial charge in [0.1, 0.15) is 0 Å². The maximum absolute atomic E-state index is 14.0. The van der Waals surface area contributed by atoms with Gasteiger partial charge in [0.25, 0.3) is 0 Å². The van der Waals surface area contributed by atoms with Crippen LogP contribution >= 0.6 is 0 Å². The van der Waals surface area contributed by atoms with Crippen molar-refractivity contribution in [2.45, 2.75) is 51.1 Å². The molecule has 12 nitrogen and oxygen atoms in total. The minimum absolute atomic E-state index is 0.0123. The summed E-state index contributed by atoms with van der Waals surface area (Å²) in [6.45, 7) is 3.94. The molecule has 236 valence electrons. The lowest BCUT2D eigenvalue weighted by molar-refractivity contribution is -0.143. The zero-order valence-electron chi connectivity index (χ0n) is 25.3. The highest BCUT2D eigenvalue weighted by molar-refractivity contribution is 5.96. The molecule has 0 aliphatic carbocycles. The first-order chi connectivity index (χ1) is 21.2. The van der Waals surface area contributed by atoms with Gasteiger partial charge < -0.3 is 30.1 Å². The smallest absolute Gasteiger partial charge is 0.326 e. The van der Waals surface area contributed by atoms with Crippen molar-refractivity contribution in [2.75, 3.05) is 51.5 Å². The number of anilines is 1. The van der Waals surface area contributed by atoms with Crippen molar-refractivity contribution in [3.8, 4) is 11.5 Å². The van der Waals surface area contributed by atoms with Crippen LogP contribution in [0.15, 0.2) is 42.5 Å². The Morgan fingerprint density at radius 3 is 2.66 bits per heavy atom. The van der Waals surface area contributed by atoms with Gasteiger partial charge in [-0.25, -0.2) is 4.79 Å². The summed E-state index contributed by atoms with van der Waals surface area (Å²) in [6, 6.07) is 12.2. The minimum atomic E-state index is -0.969. The highest BCUT2D eigenvalue weighted by atomic mass is 16.7. The summed E-state index contributed by atoms with van der Waals surface area (Å²) in [6.07, 6.45) is 2.26. The molecule has 3 aliphatic rings. The standard InChI is InChI=1S/C32H41N5O7/c1-3-4-12-37(23-7-5-6-21(15-23)17-33)29(39)19-36-18-24(22-8-9-26-27(16-22)44-20-43-26)30(31(40)41)25(36)10-13-35-14-11-28(38)34(2)32(35)42/h5-9,15-16,24-25,30H,3-4,10-14,17-20,33H2,1-2H3,(H,40,41)/t24-,25+,30?/m1/s1. The van der Waals surface area contributed by atoms with Crippen molar-refractivity contribution in [1.82, 2.24) is 14.7 Å². The van der Waals surface area contributed by atoms with E-state index in [0.717, 1.165) is 34.6 Å². The Kier molecular flexibility index (Phi) is 9.70. The van der Waals surface area contributed by atoms with Crippen molar-refractivity contribution >= 4 is 29.5 Å². The van der Waals surface area contributed by atoms with Crippen molar-refractivity contribution < 1.29 is 33.8 Å². The molecule has 5 rings (SSSR count). The van der Waals surface area contributed by atoms with E-state index in [4.69, 9.17) is 15.2 Å². The number of benzene rings is 2. The lowest BCUT2D eigenvalue weighted by atomic mass is 9.84. The van der Waals surface area contributed by atoms with Crippen LogP contribution < -0.4 is 20.1 Å². The molecule has 3 N–H and O–H groups in total. The van der Waals surface area contributed by atoms with Gasteiger partial charge in [0.05, 0.1) is 12.5 Å². The number of fused-ring (bicyclic) bond motifs is 1. The van der Waals surface area contributed by atoms with Crippen LogP contribution in [-0.4, -0.2) is 96.2 Å². The van der Waals surface area contributed by atoms with Crippen molar-refractivity contribution in [3.05, 3.63) is 53.6 Å². The normalized spacial score (nSPS) is 21.7. The van der Waals surface area contributed by atoms with E-state index in [1.54, 1.807) is 15.9 Å². The van der Waals surface area contributed by atoms with E-state index in [9.17, 15) is 24.3 Å². The summed E-state index contributed by atoms with van der Waals surface area (Å²) >= 11 is 0. The molecule has 4 amide bonds. The molecule has 0 saturated carbocycles. The molecular formula is C32H41N5O7. The molecule has 1 unspecified atom stereocenters. The largest absolute Gasteiger partial charge is 0.481 e. The summed E-state index contributed by atoms with van der Waals surface area (Å²) in [7, 11) is 1.46. The first-order valence-electron chi connectivity index (χ1n) is 15.2. The summed E-state index contributed by atoms with van der Waals surface area (Å²) in [4.78, 5) is 58.2. The molecule has 0 bridgehead atoms. The second-order valence-corrected chi connectivity index (χ2v) is 11.6. The Morgan fingerprint density at radius 2 is 1.91 bits per heavy atom. The van der Waals surface area contributed by atoms with Gasteiger partial charge in [-0.2, -0.15) is 0 Å². The van der Waals surface area contributed by atoms with Crippen LogP contribution in [0, 0.1) is 5.92 Å². The lowest BCUT2D eigenvalue weighted by Gasteiger charge is -2.34. The predicted octanol–water partition coefficient (Wildman–Crippen LogP) is 2.85. The predicted molar refractivity (Wildman–Crippen MR) is 162 cm³/mol. The number of carbonyl (C=O) groups is 4. The minimum Gasteiger partial charge on any atom is -0.481 e. The first kappa shape index (κ1) is 31.3. The van der Waals surface area contributed by atoms with E-state index < -0.39 is 29.9 Å². The van der Waals surface area contributed by atoms with E-state index in [-0.39, 0.29) is 44.7 Å². The number of carbonyl (C=O) groups excluding carboxylic acids is 3. The van der Waals surface area contributed by atoms with Crippen molar-refractivity contribution in [2.24, 2.45) is 11.7 Å². The van der Waals surface area contributed by atoms with E-state index in [1.807, 2.05) is 41.3 Å². The number of amides is 4. The summed E-state index contributed by atoms with van der Waals surface area (Å²) in [5, 5.41) is 10.6. The number of nitrogens with zero attached hydrogens (tertiary/aromatic N) is 4. The fourth-order valence-corrected chi connectivity index (χ4v) is 6.47. The van der Waals surface area contributed by atoms with Crippen LogP contribution in [0.1, 0.15) is 49.7 Å². The Hall–Kier alpha value is -4.16. The molecular weight excluding hydrogens is 566 g/mol. The molecule has 2 saturated heterocycles. The van der Waals surface area contributed by atoms with Crippen LogP contribution in [-0.2, 0) is 20.9 Å². The van der Waals surface area contributed by atoms with E-state index in [0.29, 0.717) is 37.6 Å². The zero-order valence-corrected chi connectivity index (χ0v) is 25.3. The maximum atomic E-state index is 14.0. The van der Waals surface area contributed by atoms with Gasteiger partial charge in [0.15, 0.2) is 11.5 Å². The number of hydrogen-bond acceptors (Lipinski definition) is 8. The number of rotatable bonds is 12. The molecule has 3 atom stereocenters. The fraction of sp³-hybridized carbons (Fsp3) is 0.500. The van der Waals surface area contributed by atoms with Crippen LogP contribution in [0.2, 0.25) is 0 Å². The SMILES string of the molecule is CCCCN(C(=O)CN1C[C@H](c2ccc3c(c2)OCO3)C(C(=O)O)[C@@H]1CCN1CCC(=O)N(C)C1=O)c1cccc(CN)c1. The van der Waals surface area contributed by atoms with Gasteiger partial charge in [0.2, 0.25) is 18.6 Å². The third-order valence-corrected chi connectivity index (χ3v) is 8.91. The molecule has 0 spiro atoms. The average molecular weight is 608 g/mol. The van der Waals surface area contributed by atoms with Crippen molar-refractivity contribution in [3.63, 3.8) is 0 Å². The molecule has 2 fully saturated rings. The second-order valence-electron chi connectivity index (χ2n) is 11.6. The molecule has 2 aromatic carbocycles. The quantitative estimate of drug-likeness (QED) is 0.372. The number of aliphatic carboxylic acids is 1. The number of imide groups is 1. The van der Waals surface area contributed by atoms with Gasteiger partial charge in [-0.05, 0) is 48.2 Å². The number of nitrogens with two attached hydrogens (primary N) is 1. The van der Waals surface area contributed by atoms with Crippen LogP contribution in [0.4, 0.5) is 10.5 Å². The summed E-state index contributed by atoms with van der Waals surface area (Å²) < 4.78 is 11.0. The number of hydrogen-bond donors (Lipinski definition) is 2. The Labute approximate surface area is 257 Å². The number of ether oxygens (including phenoxy) is 2. The molecule has 12 heteroatoms. The van der Waals surface area contributed by atoms with E-state index >= 15 is 0 Å². The highest BCUT2D eigenvalue weighted by Crippen LogP contribution is 2.43. The van der Waals surface area contributed by atoms with Gasteiger partial charge in [-0.1, -0.05) is 31.5 Å².